The number of aromatic nitrogens is 4. The second-order valence-corrected chi connectivity index (χ2v) is 12.2. The van der Waals surface area contributed by atoms with Gasteiger partial charge in [-0.05, 0) is 69.6 Å². The molecule has 1 aliphatic heterocycles. The summed E-state index contributed by atoms with van der Waals surface area (Å²) in [4.78, 5) is 32.6. The SMILES string of the molecule is N[C@H]1CC[C@H](Nc2nc(NC3CCN(OC(=O)Nc4ccc(Cl)c(Cl)c4)CC3)c3ncn(C4CCCC4)c3n2)CC1. The van der Waals surface area contributed by atoms with E-state index in [2.05, 4.69) is 20.5 Å². The van der Waals surface area contributed by atoms with Gasteiger partial charge in [0.25, 0.3) is 0 Å². The predicted octanol–water partition coefficient (Wildman–Crippen LogP) is 5.97. The number of benzene rings is 1. The number of hydroxylamine groups is 2. The number of piperidine rings is 1. The van der Waals surface area contributed by atoms with Crippen molar-refractivity contribution in [2.75, 3.05) is 29.0 Å². The van der Waals surface area contributed by atoms with Gasteiger partial charge in [0, 0.05) is 42.9 Å². The summed E-state index contributed by atoms with van der Waals surface area (Å²) in [6.45, 7) is 1.18. The first-order chi connectivity index (χ1) is 19.9. The van der Waals surface area contributed by atoms with Gasteiger partial charge in [-0.15, -0.1) is 5.06 Å². The van der Waals surface area contributed by atoms with Crippen LogP contribution in [0, 0.1) is 0 Å². The number of amides is 1. The van der Waals surface area contributed by atoms with Gasteiger partial charge < -0.3 is 25.8 Å². The minimum atomic E-state index is -0.566. The fourth-order valence-corrected chi connectivity index (χ4v) is 6.39. The molecule has 3 aromatic rings. The van der Waals surface area contributed by atoms with E-state index in [0.29, 0.717) is 46.9 Å². The highest BCUT2D eigenvalue weighted by Gasteiger charge is 2.27. The van der Waals surface area contributed by atoms with Crippen molar-refractivity contribution in [3.8, 4) is 0 Å². The van der Waals surface area contributed by atoms with E-state index in [1.54, 1.807) is 23.3 Å². The van der Waals surface area contributed by atoms with E-state index in [1.165, 1.54) is 12.8 Å². The quantitative estimate of drug-likeness (QED) is 0.258. The van der Waals surface area contributed by atoms with Crippen LogP contribution in [0.3, 0.4) is 0 Å². The number of halogens is 2. The van der Waals surface area contributed by atoms with Crippen LogP contribution in [0.4, 0.5) is 22.2 Å². The molecule has 0 unspecified atom stereocenters. The fraction of sp³-hybridized carbons (Fsp3) is 0.571. The number of imidazole rings is 1. The van der Waals surface area contributed by atoms with Crippen molar-refractivity contribution < 1.29 is 9.63 Å². The lowest BCUT2D eigenvalue weighted by atomic mass is 9.92. The van der Waals surface area contributed by atoms with E-state index in [-0.39, 0.29) is 12.1 Å². The summed E-state index contributed by atoms with van der Waals surface area (Å²) < 4.78 is 2.24. The molecule has 0 spiro atoms. The van der Waals surface area contributed by atoms with Gasteiger partial charge in [0.05, 0.1) is 16.4 Å². The number of rotatable bonds is 7. The molecule has 13 heteroatoms. The highest BCUT2D eigenvalue weighted by molar-refractivity contribution is 6.42. The molecule has 3 aliphatic rings. The molecule has 0 radical (unpaired) electrons. The van der Waals surface area contributed by atoms with E-state index in [1.807, 2.05) is 6.33 Å². The van der Waals surface area contributed by atoms with E-state index in [0.717, 1.165) is 68.3 Å². The lowest BCUT2D eigenvalue weighted by molar-refractivity contribution is -0.106. The first-order valence-corrected chi connectivity index (χ1v) is 15.4. The number of hydrogen-bond acceptors (Lipinski definition) is 9. The summed E-state index contributed by atoms with van der Waals surface area (Å²) in [7, 11) is 0. The Labute approximate surface area is 249 Å². The van der Waals surface area contributed by atoms with Gasteiger partial charge in [-0.2, -0.15) is 9.97 Å². The summed E-state index contributed by atoms with van der Waals surface area (Å²) in [5.74, 6) is 1.39. The zero-order chi connectivity index (χ0) is 28.3. The summed E-state index contributed by atoms with van der Waals surface area (Å²) in [5, 5.41) is 12.4. The van der Waals surface area contributed by atoms with Gasteiger partial charge in [-0.3, -0.25) is 5.32 Å². The maximum atomic E-state index is 12.4. The second kappa shape index (κ2) is 12.6. The minimum Gasteiger partial charge on any atom is -0.365 e. The Hall–Kier alpha value is -2.86. The Morgan fingerprint density at radius 1 is 0.927 bits per heavy atom. The Bertz CT molecular complexity index is 1360. The number of anilines is 3. The zero-order valence-electron chi connectivity index (χ0n) is 23.0. The van der Waals surface area contributed by atoms with Crippen LogP contribution in [0.5, 0.6) is 0 Å². The molecule has 3 fully saturated rings. The maximum Gasteiger partial charge on any atom is 0.430 e. The van der Waals surface area contributed by atoms with Crippen LogP contribution in [0.25, 0.3) is 11.2 Å². The van der Waals surface area contributed by atoms with Crippen molar-refractivity contribution >= 4 is 57.9 Å². The largest absolute Gasteiger partial charge is 0.430 e. The average Bonchev–Trinajstić information content (AvgIpc) is 3.64. The van der Waals surface area contributed by atoms with Crippen molar-refractivity contribution in [2.45, 2.75) is 88.4 Å². The van der Waals surface area contributed by atoms with Crippen molar-refractivity contribution in [1.82, 2.24) is 24.6 Å². The standard InChI is InChI=1S/C28H37Cl2N9O2/c29-22-10-9-20(15-23(22)30)35-28(40)41-38-13-11-19(12-14-38)33-25-24-26(39(16-32-24)21-3-1-2-4-21)37-27(36-25)34-18-7-5-17(31)6-8-18/h9-10,15-19,21H,1-8,11-14,31H2,(H,35,40)(H2,33,34,36,37)/t17-,18-. The molecular formula is C28H37Cl2N9O2. The molecule has 0 bridgehead atoms. The monoisotopic (exact) mass is 601 g/mol. The van der Waals surface area contributed by atoms with Crippen LogP contribution >= 0.6 is 23.2 Å². The van der Waals surface area contributed by atoms with Gasteiger partial charge in [0.2, 0.25) is 5.95 Å². The Kier molecular flexibility index (Phi) is 8.66. The lowest BCUT2D eigenvalue weighted by Crippen LogP contribution is -2.41. The van der Waals surface area contributed by atoms with E-state index < -0.39 is 6.09 Å². The molecule has 1 aromatic carbocycles. The number of carbonyl (C=O) groups excluding carboxylic acids is 1. The molecule has 2 aliphatic carbocycles. The average molecular weight is 603 g/mol. The summed E-state index contributed by atoms with van der Waals surface area (Å²) in [5.41, 5.74) is 8.32. The summed E-state index contributed by atoms with van der Waals surface area (Å²) in [6, 6.07) is 6.08. The molecule has 0 atom stereocenters. The number of nitrogens with one attached hydrogen (secondary N) is 3. The third-order valence-corrected chi connectivity index (χ3v) is 9.16. The smallest absolute Gasteiger partial charge is 0.365 e. The molecule has 220 valence electrons. The molecule has 11 nitrogen and oxygen atoms in total. The van der Waals surface area contributed by atoms with Crippen LogP contribution in [0.2, 0.25) is 10.0 Å². The fourth-order valence-electron chi connectivity index (χ4n) is 6.09. The molecule has 3 heterocycles. The van der Waals surface area contributed by atoms with E-state index in [4.69, 9.17) is 48.7 Å². The molecule has 5 N–H and O–H groups in total. The van der Waals surface area contributed by atoms with Gasteiger partial charge in [0.1, 0.15) is 0 Å². The highest BCUT2D eigenvalue weighted by atomic mass is 35.5. The van der Waals surface area contributed by atoms with Gasteiger partial charge >= 0.3 is 6.09 Å². The Morgan fingerprint density at radius 2 is 1.66 bits per heavy atom. The van der Waals surface area contributed by atoms with Crippen molar-refractivity contribution in [3.63, 3.8) is 0 Å². The van der Waals surface area contributed by atoms with Crippen LogP contribution in [-0.2, 0) is 4.84 Å². The second-order valence-electron chi connectivity index (χ2n) is 11.4. The van der Waals surface area contributed by atoms with Crippen molar-refractivity contribution in [2.24, 2.45) is 5.73 Å². The van der Waals surface area contributed by atoms with Crippen LogP contribution in [0.15, 0.2) is 24.5 Å². The van der Waals surface area contributed by atoms with Gasteiger partial charge in [-0.1, -0.05) is 36.0 Å². The maximum absolute atomic E-state index is 12.4. The van der Waals surface area contributed by atoms with E-state index >= 15 is 0 Å². The van der Waals surface area contributed by atoms with Crippen LogP contribution in [0.1, 0.15) is 70.3 Å². The number of carbonyl (C=O) groups is 1. The number of fused-ring (bicyclic) bond motifs is 1. The Balaban J connectivity index is 1.11. The first kappa shape index (κ1) is 28.3. The number of hydrogen-bond donors (Lipinski definition) is 4. The molecule has 41 heavy (non-hydrogen) atoms. The van der Waals surface area contributed by atoms with Gasteiger partial charge in [0.15, 0.2) is 17.0 Å². The molecule has 2 saturated carbocycles. The van der Waals surface area contributed by atoms with Crippen LogP contribution < -0.4 is 21.7 Å². The van der Waals surface area contributed by atoms with Crippen LogP contribution in [-0.4, -0.2) is 61.9 Å². The third kappa shape index (κ3) is 6.80. The van der Waals surface area contributed by atoms with Crippen molar-refractivity contribution in [3.05, 3.63) is 34.6 Å². The van der Waals surface area contributed by atoms with Gasteiger partial charge in [-0.25, -0.2) is 9.78 Å². The predicted molar refractivity (Wildman–Crippen MR) is 161 cm³/mol. The summed E-state index contributed by atoms with van der Waals surface area (Å²) >= 11 is 12.0. The van der Waals surface area contributed by atoms with E-state index in [9.17, 15) is 4.79 Å². The zero-order valence-corrected chi connectivity index (χ0v) is 24.5. The highest BCUT2D eigenvalue weighted by Crippen LogP contribution is 2.34. The Morgan fingerprint density at radius 3 is 2.39 bits per heavy atom. The number of nitrogens with two attached hydrogens (primary N) is 1. The summed E-state index contributed by atoms with van der Waals surface area (Å²) in [6.07, 6.45) is 11.7. The number of nitrogens with zero attached hydrogens (tertiary/aromatic N) is 5. The topological polar surface area (TPSA) is 135 Å². The minimum absolute atomic E-state index is 0.156. The third-order valence-electron chi connectivity index (χ3n) is 8.42. The lowest BCUT2D eigenvalue weighted by Gasteiger charge is -2.31. The molecule has 6 rings (SSSR count). The molecule has 1 amide bonds. The molecule has 1 saturated heterocycles. The van der Waals surface area contributed by atoms with Crippen molar-refractivity contribution in [1.29, 1.82) is 0 Å². The normalized spacial score (nSPS) is 22.6. The first-order valence-electron chi connectivity index (χ1n) is 14.6. The molecular weight excluding hydrogens is 565 g/mol. The molecule has 2 aromatic heterocycles.